The van der Waals surface area contributed by atoms with Gasteiger partial charge < -0.3 is 4.90 Å². The lowest BCUT2D eigenvalue weighted by Crippen LogP contribution is -2.30. The molecule has 0 unspecified atom stereocenters. The van der Waals surface area contributed by atoms with E-state index < -0.39 is 0 Å². The van der Waals surface area contributed by atoms with Crippen LogP contribution in [-0.4, -0.2) is 20.6 Å². The van der Waals surface area contributed by atoms with E-state index in [-0.39, 0.29) is 0 Å². The average molecular weight is 387 g/mol. The number of thioether (sulfide) groups is 1. The van der Waals surface area contributed by atoms with Gasteiger partial charge in [0.15, 0.2) is 11.0 Å². The fraction of sp³-hybridized carbons (Fsp3) is 0.176. The van der Waals surface area contributed by atoms with E-state index in [1.165, 1.54) is 11.3 Å². The second-order valence-electron chi connectivity index (χ2n) is 5.53. The van der Waals surface area contributed by atoms with E-state index >= 15 is 0 Å². The van der Waals surface area contributed by atoms with E-state index in [2.05, 4.69) is 91.0 Å². The first-order valence-corrected chi connectivity index (χ1v) is 9.12. The van der Waals surface area contributed by atoms with Crippen LogP contribution in [0, 0.1) is 6.92 Å². The van der Waals surface area contributed by atoms with Crippen LogP contribution in [0.2, 0.25) is 0 Å². The highest BCUT2D eigenvalue weighted by atomic mass is 79.9. The molecule has 0 N–H and O–H groups in total. The molecule has 3 aromatic rings. The quantitative estimate of drug-likeness (QED) is 0.647. The monoisotopic (exact) mass is 386 g/mol. The van der Waals surface area contributed by atoms with Crippen molar-refractivity contribution in [2.24, 2.45) is 0 Å². The summed E-state index contributed by atoms with van der Waals surface area (Å²) in [6.07, 6.45) is 0. The molecule has 0 bridgehead atoms. The molecule has 2 aromatic carbocycles. The molecule has 1 aliphatic heterocycles. The maximum Gasteiger partial charge on any atom is 0.194 e. The second kappa shape index (κ2) is 6.02. The van der Waals surface area contributed by atoms with Crippen molar-refractivity contribution in [3.63, 3.8) is 0 Å². The number of hydrogen-bond acceptors (Lipinski definition) is 4. The first-order chi connectivity index (χ1) is 11.2. The van der Waals surface area contributed by atoms with Crippen molar-refractivity contribution in [1.29, 1.82) is 0 Å². The number of hydrogen-bond donors (Lipinski definition) is 0. The van der Waals surface area contributed by atoms with Crippen LogP contribution in [0.1, 0.15) is 5.56 Å². The molecule has 0 saturated carbocycles. The fourth-order valence-corrected chi connectivity index (χ4v) is 3.84. The highest BCUT2D eigenvalue weighted by Gasteiger charge is 2.22. The van der Waals surface area contributed by atoms with Crippen LogP contribution in [0.5, 0.6) is 0 Å². The minimum atomic E-state index is 0.764. The SMILES string of the molecule is Cc1cccc(-c2nnc3n2CN(c2ccc(Br)cc2)CS3)c1. The molecule has 1 aromatic heterocycles. The Balaban J connectivity index is 1.69. The molecule has 6 heteroatoms. The van der Waals surface area contributed by atoms with Crippen LogP contribution in [-0.2, 0) is 6.67 Å². The summed E-state index contributed by atoms with van der Waals surface area (Å²) in [6.45, 7) is 2.86. The molecule has 0 aliphatic carbocycles. The minimum Gasteiger partial charge on any atom is -0.344 e. The van der Waals surface area contributed by atoms with Crippen LogP contribution in [0.15, 0.2) is 58.2 Å². The standard InChI is InChI=1S/C17H15BrN4S/c1-12-3-2-4-13(9-12)16-19-20-17-22(16)10-21(11-23-17)15-7-5-14(18)6-8-15/h2-9H,10-11H2,1H3. The Labute approximate surface area is 147 Å². The average Bonchev–Trinajstić information content (AvgIpc) is 2.98. The van der Waals surface area contributed by atoms with Crippen LogP contribution >= 0.6 is 27.7 Å². The molecule has 4 nitrogen and oxygen atoms in total. The van der Waals surface area contributed by atoms with E-state index in [0.29, 0.717) is 0 Å². The zero-order valence-electron chi connectivity index (χ0n) is 12.6. The normalized spacial score (nSPS) is 13.9. The number of aryl methyl sites for hydroxylation is 1. The number of nitrogens with zero attached hydrogens (tertiary/aromatic N) is 4. The number of fused-ring (bicyclic) bond motifs is 1. The number of halogens is 1. The van der Waals surface area contributed by atoms with Gasteiger partial charge in [0, 0.05) is 15.7 Å². The Morgan fingerprint density at radius 3 is 2.70 bits per heavy atom. The first-order valence-electron chi connectivity index (χ1n) is 7.34. The van der Waals surface area contributed by atoms with Gasteiger partial charge in [-0.25, -0.2) is 0 Å². The van der Waals surface area contributed by atoms with Crippen molar-refractivity contribution >= 4 is 33.4 Å². The largest absolute Gasteiger partial charge is 0.344 e. The van der Waals surface area contributed by atoms with Gasteiger partial charge in [-0.3, -0.25) is 4.57 Å². The van der Waals surface area contributed by atoms with Gasteiger partial charge in [-0.15, -0.1) is 10.2 Å². The second-order valence-corrected chi connectivity index (χ2v) is 7.36. The Hall–Kier alpha value is -1.79. The van der Waals surface area contributed by atoms with Crippen molar-refractivity contribution in [3.8, 4) is 11.4 Å². The fourth-order valence-electron chi connectivity index (χ4n) is 2.68. The van der Waals surface area contributed by atoms with E-state index in [0.717, 1.165) is 33.6 Å². The van der Waals surface area contributed by atoms with E-state index in [4.69, 9.17) is 0 Å². The predicted octanol–water partition coefficient (Wildman–Crippen LogP) is 4.54. The third kappa shape index (κ3) is 2.88. The van der Waals surface area contributed by atoms with Crippen molar-refractivity contribution in [2.45, 2.75) is 18.7 Å². The topological polar surface area (TPSA) is 34.0 Å². The van der Waals surface area contributed by atoms with Crippen molar-refractivity contribution in [2.75, 3.05) is 10.8 Å². The van der Waals surface area contributed by atoms with Gasteiger partial charge in [-0.1, -0.05) is 51.5 Å². The molecule has 0 radical (unpaired) electrons. The third-order valence-electron chi connectivity index (χ3n) is 3.85. The lowest BCUT2D eigenvalue weighted by Gasteiger charge is -2.29. The van der Waals surface area contributed by atoms with E-state index in [1.807, 2.05) is 0 Å². The molecule has 4 rings (SSSR count). The highest BCUT2D eigenvalue weighted by molar-refractivity contribution is 9.10. The number of rotatable bonds is 2. The molecule has 0 saturated heterocycles. The van der Waals surface area contributed by atoms with Crippen LogP contribution in [0.3, 0.4) is 0 Å². The Morgan fingerprint density at radius 1 is 1.09 bits per heavy atom. The summed E-state index contributed by atoms with van der Waals surface area (Å²) in [7, 11) is 0. The molecular formula is C17H15BrN4S. The molecule has 0 atom stereocenters. The Bertz CT molecular complexity index is 844. The van der Waals surface area contributed by atoms with Crippen molar-refractivity contribution < 1.29 is 0 Å². The lowest BCUT2D eigenvalue weighted by atomic mass is 10.1. The van der Waals surface area contributed by atoms with Crippen LogP contribution in [0.25, 0.3) is 11.4 Å². The zero-order chi connectivity index (χ0) is 15.8. The van der Waals surface area contributed by atoms with Gasteiger partial charge in [0.05, 0.1) is 12.5 Å². The molecule has 23 heavy (non-hydrogen) atoms. The number of benzene rings is 2. The summed E-state index contributed by atoms with van der Waals surface area (Å²) in [5.74, 6) is 1.81. The summed E-state index contributed by atoms with van der Waals surface area (Å²) in [4.78, 5) is 2.33. The molecule has 0 fully saturated rings. The highest BCUT2D eigenvalue weighted by Crippen LogP contribution is 2.32. The summed E-state index contributed by atoms with van der Waals surface area (Å²) < 4.78 is 3.28. The maximum absolute atomic E-state index is 4.41. The number of aromatic nitrogens is 3. The summed E-state index contributed by atoms with van der Waals surface area (Å²) in [6, 6.07) is 16.8. The molecule has 2 heterocycles. The molecular weight excluding hydrogens is 372 g/mol. The van der Waals surface area contributed by atoms with E-state index in [9.17, 15) is 0 Å². The smallest absolute Gasteiger partial charge is 0.194 e. The first kappa shape index (κ1) is 14.8. The van der Waals surface area contributed by atoms with Gasteiger partial charge in [-0.2, -0.15) is 0 Å². The van der Waals surface area contributed by atoms with Gasteiger partial charge in [-0.05, 0) is 37.3 Å². The molecule has 0 spiro atoms. The van der Waals surface area contributed by atoms with E-state index in [1.54, 1.807) is 11.8 Å². The third-order valence-corrected chi connectivity index (χ3v) is 5.38. The van der Waals surface area contributed by atoms with Crippen LogP contribution < -0.4 is 4.90 Å². The molecule has 116 valence electrons. The van der Waals surface area contributed by atoms with Gasteiger partial charge in [0.1, 0.15) is 0 Å². The summed E-state index contributed by atoms with van der Waals surface area (Å²) in [5.41, 5.74) is 3.55. The van der Waals surface area contributed by atoms with Gasteiger partial charge >= 0.3 is 0 Å². The van der Waals surface area contributed by atoms with Gasteiger partial charge in [0.25, 0.3) is 0 Å². The summed E-state index contributed by atoms with van der Waals surface area (Å²) >= 11 is 5.21. The Kier molecular flexibility index (Phi) is 3.87. The van der Waals surface area contributed by atoms with Crippen molar-refractivity contribution in [3.05, 3.63) is 58.6 Å². The van der Waals surface area contributed by atoms with Gasteiger partial charge in [0.2, 0.25) is 0 Å². The Morgan fingerprint density at radius 2 is 1.91 bits per heavy atom. The minimum absolute atomic E-state index is 0.764. The number of anilines is 1. The van der Waals surface area contributed by atoms with Crippen LogP contribution in [0.4, 0.5) is 5.69 Å². The molecule has 0 amide bonds. The zero-order valence-corrected chi connectivity index (χ0v) is 15.0. The maximum atomic E-state index is 4.41. The molecule has 1 aliphatic rings. The summed E-state index contributed by atoms with van der Waals surface area (Å²) in [5, 5.41) is 9.74. The van der Waals surface area contributed by atoms with Crippen molar-refractivity contribution in [1.82, 2.24) is 14.8 Å². The predicted molar refractivity (Wildman–Crippen MR) is 97.5 cm³/mol. The lowest BCUT2D eigenvalue weighted by molar-refractivity contribution is 0.608.